The summed E-state index contributed by atoms with van der Waals surface area (Å²) in [6, 6.07) is 11.5. The average molecular weight is 325 g/mol. The molecule has 2 heterocycles. The number of ether oxygens (including phenoxy) is 1. The van der Waals surface area contributed by atoms with Crippen LogP contribution in [-0.2, 0) is 16.1 Å². The molecule has 0 bridgehead atoms. The lowest BCUT2D eigenvalue weighted by Gasteiger charge is -1.98. The van der Waals surface area contributed by atoms with Crippen LogP contribution in [0.5, 0.6) is 0 Å². The van der Waals surface area contributed by atoms with Crippen molar-refractivity contribution in [2.75, 3.05) is 0 Å². The molecule has 0 saturated carbocycles. The first kappa shape index (κ1) is 15.2. The van der Waals surface area contributed by atoms with Crippen molar-refractivity contribution in [3.8, 4) is 11.5 Å². The summed E-state index contributed by atoms with van der Waals surface area (Å²) >= 11 is 1.58. The summed E-state index contributed by atoms with van der Waals surface area (Å²) < 4.78 is 10.8. The van der Waals surface area contributed by atoms with Gasteiger partial charge in [-0.1, -0.05) is 18.2 Å². The van der Waals surface area contributed by atoms with E-state index in [2.05, 4.69) is 4.98 Å². The zero-order valence-corrected chi connectivity index (χ0v) is 13.4. The Kier molecular flexibility index (Phi) is 4.68. The van der Waals surface area contributed by atoms with Crippen molar-refractivity contribution < 1.29 is 13.9 Å². The third-order valence-electron chi connectivity index (χ3n) is 3.22. The van der Waals surface area contributed by atoms with Gasteiger partial charge in [0.15, 0.2) is 0 Å². The molecule has 3 rings (SSSR count). The van der Waals surface area contributed by atoms with Gasteiger partial charge in [-0.15, -0.1) is 0 Å². The predicted molar refractivity (Wildman–Crippen MR) is 89.8 cm³/mol. The van der Waals surface area contributed by atoms with Crippen molar-refractivity contribution in [2.24, 2.45) is 0 Å². The van der Waals surface area contributed by atoms with Gasteiger partial charge in [-0.3, -0.25) is 0 Å². The van der Waals surface area contributed by atoms with E-state index >= 15 is 0 Å². The van der Waals surface area contributed by atoms with Crippen LogP contribution in [0.2, 0.25) is 0 Å². The van der Waals surface area contributed by atoms with Crippen LogP contribution in [0.25, 0.3) is 17.5 Å². The Morgan fingerprint density at radius 1 is 1.30 bits per heavy atom. The second-order valence-electron chi connectivity index (χ2n) is 4.89. The van der Waals surface area contributed by atoms with E-state index in [4.69, 9.17) is 9.15 Å². The monoisotopic (exact) mass is 325 g/mol. The Balaban J connectivity index is 1.62. The average Bonchev–Trinajstić information content (AvgIpc) is 3.21. The molecular formula is C18H15NO3S. The van der Waals surface area contributed by atoms with Crippen molar-refractivity contribution >= 4 is 23.4 Å². The minimum atomic E-state index is -0.403. The second-order valence-corrected chi connectivity index (χ2v) is 5.67. The number of thiophene rings is 1. The molecule has 4 nitrogen and oxygen atoms in total. The predicted octanol–water partition coefficient (Wildman–Crippen LogP) is 4.47. The SMILES string of the molecule is Cc1oc(-c2ccccc2)nc1COC(=O)/C=C/c1ccsc1. The molecule has 116 valence electrons. The van der Waals surface area contributed by atoms with Crippen LogP contribution in [0.4, 0.5) is 0 Å². The van der Waals surface area contributed by atoms with Crippen molar-refractivity contribution in [1.29, 1.82) is 0 Å². The van der Waals surface area contributed by atoms with Crippen molar-refractivity contribution in [3.63, 3.8) is 0 Å². The number of rotatable bonds is 5. The quantitative estimate of drug-likeness (QED) is 0.513. The molecule has 1 aromatic carbocycles. The van der Waals surface area contributed by atoms with Gasteiger partial charge in [-0.25, -0.2) is 9.78 Å². The van der Waals surface area contributed by atoms with Gasteiger partial charge in [0.05, 0.1) is 0 Å². The molecular weight excluding hydrogens is 310 g/mol. The molecule has 0 atom stereocenters. The summed E-state index contributed by atoms with van der Waals surface area (Å²) in [5, 5.41) is 3.91. The molecule has 0 spiro atoms. The zero-order chi connectivity index (χ0) is 16.1. The Morgan fingerprint density at radius 3 is 2.87 bits per heavy atom. The number of nitrogens with zero attached hydrogens (tertiary/aromatic N) is 1. The lowest BCUT2D eigenvalue weighted by molar-refractivity contribution is -0.139. The summed E-state index contributed by atoms with van der Waals surface area (Å²) in [4.78, 5) is 16.1. The van der Waals surface area contributed by atoms with Crippen LogP contribution in [0.1, 0.15) is 17.0 Å². The molecule has 0 aliphatic rings. The maximum absolute atomic E-state index is 11.7. The summed E-state index contributed by atoms with van der Waals surface area (Å²) in [5.41, 5.74) is 2.50. The Bertz CT molecular complexity index is 804. The number of hydrogen-bond donors (Lipinski definition) is 0. The highest BCUT2D eigenvalue weighted by Gasteiger charge is 2.12. The van der Waals surface area contributed by atoms with Crippen LogP contribution in [0.3, 0.4) is 0 Å². The topological polar surface area (TPSA) is 52.3 Å². The molecule has 2 aromatic heterocycles. The number of benzene rings is 1. The molecule has 0 amide bonds. The molecule has 0 unspecified atom stereocenters. The second kappa shape index (κ2) is 7.07. The first-order chi connectivity index (χ1) is 11.2. The Hall–Kier alpha value is -2.66. The standard InChI is InChI=1S/C18H15NO3S/c1-13-16(19-18(22-13)15-5-3-2-4-6-15)11-21-17(20)8-7-14-9-10-23-12-14/h2-10,12H,11H2,1H3/b8-7+. The maximum Gasteiger partial charge on any atom is 0.331 e. The van der Waals surface area contributed by atoms with Gasteiger partial charge in [0.1, 0.15) is 18.1 Å². The lowest BCUT2D eigenvalue weighted by Crippen LogP contribution is -2.01. The van der Waals surface area contributed by atoms with Crippen LogP contribution < -0.4 is 0 Å². The van der Waals surface area contributed by atoms with Gasteiger partial charge in [0.2, 0.25) is 5.89 Å². The number of hydrogen-bond acceptors (Lipinski definition) is 5. The van der Waals surface area contributed by atoms with Crippen molar-refractivity contribution in [2.45, 2.75) is 13.5 Å². The van der Waals surface area contributed by atoms with E-state index in [1.807, 2.05) is 54.1 Å². The normalized spacial score (nSPS) is 11.0. The van der Waals surface area contributed by atoms with E-state index in [1.165, 1.54) is 6.08 Å². The van der Waals surface area contributed by atoms with E-state index in [0.29, 0.717) is 17.3 Å². The van der Waals surface area contributed by atoms with Gasteiger partial charge in [0, 0.05) is 11.6 Å². The fraction of sp³-hybridized carbons (Fsp3) is 0.111. The van der Waals surface area contributed by atoms with Gasteiger partial charge >= 0.3 is 5.97 Å². The van der Waals surface area contributed by atoms with E-state index in [1.54, 1.807) is 17.4 Å². The van der Waals surface area contributed by atoms with Crippen LogP contribution in [0, 0.1) is 6.92 Å². The van der Waals surface area contributed by atoms with E-state index in [0.717, 1.165) is 11.1 Å². The molecule has 0 radical (unpaired) electrons. The maximum atomic E-state index is 11.7. The van der Waals surface area contributed by atoms with Crippen LogP contribution in [-0.4, -0.2) is 11.0 Å². The molecule has 0 aliphatic heterocycles. The highest BCUT2D eigenvalue weighted by molar-refractivity contribution is 7.08. The summed E-state index contributed by atoms with van der Waals surface area (Å²) in [7, 11) is 0. The molecule has 0 fully saturated rings. The number of aromatic nitrogens is 1. The zero-order valence-electron chi connectivity index (χ0n) is 12.6. The molecule has 23 heavy (non-hydrogen) atoms. The molecule has 5 heteroatoms. The molecule has 0 aliphatic carbocycles. The molecule has 0 saturated heterocycles. The molecule has 3 aromatic rings. The molecule has 0 N–H and O–H groups in total. The highest BCUT2D eigenvalue weighted by Crippen LogP contribution is 2.21. The number of carbonyl (C=O) groups is 1. The van der Waals surface area contributed by atoms with Crippen molar-refractivity contribution in [3.05, 3.63) is 70.3 Å². The van der Waals surface area contributed by atoms with Crippen LogP contribution >= 0.6 is 11.3 Å². The first-order valence-corrected chi connectivity index (χ1v) is 8.05. The van der Waals surface area contributed by atoms with Gasteiger partial charge in [0.25, 0.3) is 0 Å². The van der Waals surface area contributed by atoms with Crippen LogP contribution in [0.15, 0.2) is 57.7 Å². The van der Waals surface area contributed by atoms with E-state index < -0.39 is 5.97 Å². The third-order valence-corrected chi connectivity index (χ3v) is 3.92. The summed E-state index contributed by atoms with van der Waals surface area (Å²) in [6.07, 6.45) is 3.14. The van der Waals surface area contributed by atoms with E-state index in [9.17, 15) is 4.79 Å². The third kappa shape index (κ3) is 3.96. The minimum absolute atomic E-state index is 0.0922. The number of oxazole rings is 1. The largest absolute Gasteiger partial charge is 0.456 e. The number of carbonyl (C=O) groups excluding carboxylic acids is 1. The minimum Gasteiger partial charge on any atom is -0.456 e. The Labute approximate surface area is 138 Å². The fourth-order valence-electron chi connectivity index (χ4n) is 1.99. The van der Waals surface area contributed by atoms with Gasteiger partial charge in [-0.05, 0) is 47.5 Å². The summed E-state index contributed by atoms with van der Waals surface area (Å²) in [6.45, 7) is 1.90. The number of esters is 1. The number of aryl methyl sites for hydroxylation is 1. The van der Waals surface area contributed by atoms with Gasteiger partial charge in [-0.2, -0.15) is 11.3 Å². The Morgan fingerprint density at radius 2 is 2.13 bits per heavy atom. The smallest absolute Gasteiger partial charge is 0.331 e. The highest BCUT2D eigenvalue weighted by atomic mass is 32.1. The van der Waals surface area contributed by atoms with Gasteiger partial charge < -0.3 is 9.15 Å². The lowest BCUT2D eigenvalue weighted by atomic mass is 10.2. The van der Waals surface area contributed by atoms with Crippen molar-refractivity contribution in [1.82, 2.24) is 4.98 Å². The van der Waals surface area contributed by atoms with E-state index in [-0.39, 0.29) is 6.61 Å². The fourth-order valence-corrected chi connectivity index (χ4v) is 2.62. The summed E-state index contributed by atoms with van der Waals surface area (Å²) in [5.74, 6) is 0.779. The first-order valence-electron chi connectivity index (χ1n) is 7.11.